The molecule has 0 aliphatic carbocycles. The molecule has 0 unspecified atom stereocenters. The van der Waals surface area contributed by atoms with E-state index in [2.05, 4.69) is 0 Å². The molecule has 3 amide bonds. The maximum Gasteiger partial charge on any atom is 0.329 e. The number of carbonyl (C=O) groups is 2. The Bertz CT molecular complexity index is 192. The van der Waals surface area contributed by atoms with Crippen LogP contribution in [0.3, 0.4) is 0 Å². The molecule has 0 radical (unpaired) electrons. The number of amides is 3. The third-order valence-electron chi connectivity index (χ3n) is 1.65. The van der Waals surface area contributed by atoms with Crippen molar-refractivity contribution in [2.75, 3.05) is 19.8 Å². The predicted octanol–water partition coefficient (Wildman–Crippen LogP) is -0.780. The number of urea groups is 1. The number of imide groups is 1. The zero-order chi connectivity index (χ0) is 8.43. The average molecular weight is 158 g/mol. The van der Waals surface area contributed by atoms with Crippen LogP contribution < -0.4 is 0 Å². The van der Waals surface area contributed by atoms with E-state index in [0.29, 0.717) is 6.54 Å². The van der Waals surface area contributed by atoms with Crippen LogP contribution in [0.5, 0.6) is 0 Å². The van der Waals surface area contributed by atoms with Gasteiger partial charge in [0.15, 0.2) is 0 Å². The first-order chi connectivity index (χ1) is 5.20. The Morgan fingerprint density at radius 3 is 2.45 bits per heavy atom. The maximum atomic E-state index is 11.0. The highest BCUT2D eigenvalue weighted by Gasteiger charge is 2.33. The van der Waals surface area contributed by atoms with Gasteiger partial charge in [-0.1, -0.05) is 0 Å². The summed E-state index contributed by atoms with van der Waals surface area (Å²) in [5.41, 5.74) is 0. The van der Waals surface area contributed by atoms with Gasteiger partial charge in [0.25, 0.3) is 5.91 Å². The topological polar surface area (TPSA) is 60.9 Å². The second-order valence-corrected chi connectivity index (χ2v) is 2.26. The van der Waals surface area contributed by atoms with Gasteiger partial charge in [0.1, 0.15) is 13.3 Å². The summed E-state index contributed by atoms with van der Waals surface area (Å²) in [6.45, 7) is 1.86. The van der Waals surface area contributed by atoms with E-state index in [1.54, 1.807) is 6.92 Å². The van der Waals surface area contributed by atoms with Gasteiger partial charge in [0.05, 0.1) is 0 Å². The minimum Gasteiger partial charge on any atom is -0.376 e. The number of aliphatic hydroxyl groups is 1. The Morgan fingerprint density at radius 2 is 2.18 bits per heavy atom. The van der Waals surface area contributed by atoms with Gasteiger partial charge in [0, 0.05) is 6.54 Å². The first-order valence-electron chi connectivity index (χ1n) is 3.40. The van der Waals surface area contributed by atoms with Crippen LogP contribution in [0.2, 0.25) is 0 Å². The molecule has 0 saturated carbocycles. The third-order valence-corrected chi connectivity index (χ3v) is 1.65. The van der Waals surface area contributed by atoms with Gasteiger partial charge in [-0.2, -0.15) is 0 Å². The Balaban J connectivity index is 2.71. The summed E-state index contributed by atoms with van der Waals surface area (Å²) in [6.07, 6.45) is 0. The van der Waals surface area contributed by atoms with Gasteiger partial charge in [-0.15, -0.1) is 0 Å². The molecule has 1 N–H and O–H groups in total. The first kappa shape index (κ1) is 8.00. The molecule has 1 heterocycles. The summed E-state index contributed by atoms with van der Waals surface area (Å²) in [5, 5.41) is 8.58. The Hall–Kier alpha value is -1.10. The summed E-state index contributed by atoms with van der Waals surface area (Å²) in [4.78, 5) is 24.1. The molecule has 0 aromatic rings. The van der Waals surface area contributed by atoms with Crippen molar-refractivity contribution in [3.63, 3.8) is 0 Å². The molecule has 11 heavy (non-hydrogen) atoms. The molecule has 1 saturated heterocycles. The molecule has 1 aliphatic rings. The average Bonchev–Trinajstić information content (AvgIpc) is 2.26. The lowest BCUT2D eigenvalue weighted by molar-refractivity contribution is -0.127. The lowest BCUT2D eigenvalue weighted by atomic mass is 10.5. The van der Waals surface area contributed by atoms with Crippen molar-refractivity contribution >= 4 is 11.9 Å². The second-order valence-electron chi connectivity index (χ2n) is 2.26. The Labute approximate surface area is 64.2 Å². The maximum absolute atomic E-state index is 11.0. The molecule has 0 bridgehead atoms. The number of hydrogen-bond donors (Lipinski definition) is 1. The number of likely N-dealkylation sites (N-methyl/N-ethyl adjacent to an activating group) is 1. The van der Waals surface area contributed by atoms with Crippen molar-refractivity contribution in [2.24, 2.45) is 0 Å². The molecule has 5 nitrogen and oxygen atoms in total. The molecule has 5 heteroatoms. The van der Waals surface area contributed by atoms with Crippen LogP contribution in [0.4, 0.5) is 4.79 Å². The molecular weight excluding hydrogens is 148 g/mol. The SMILES string of the molecule is CCN1CC(=O)N(CO)C1=O. The fourth-order valence-corrected chi connectivity index (χ4v) is 0.980. The van der Waals surface area contributed by atoms with Crippen LogP contribution in [0.1, 0.15) is 6.92 Å². The number of aliphatic hydroxyl groups excluding tert-OH is 1. The molecule has 0 aromatic heterocycles. The van der Waals surface area contributed by atoms with Crippen molar-refractivity contribution in [3.05, 3.63) is 0 Å². The normalized spacial score (nSPS) is 18.4. The van der Waals surface area contributed by atoms with Crippen molar-refractivity contribution in [2.45, 2.75) is 6.92 Å². The monoisotopic (exact) mass is 158 g/mol. The van der Waals surface area contributed by atoms with E-state index in [9.17, 15) is 9.59 Å². The molecule has 1 aliphatic heterocycles. The van der Waals surface area contributed by atoms with Crippen LogP contribution in [-0.4, -0.2) is 46.7 Å². The summed E-state index contributed by atoms with van der Waals surface area (Å²) in [7, 11) is 0. The van der Waals surface area contributed by atoms with E-state index in [4.69, 9.17) is 5.11 Å². The number of nitrogens with zero attached hydrogens (tertiary/aromatic N) is 2. The minimum atomic E-state index is -0.520. The largest absolute Gasteiger partial charge is 0.376 e. The van der Waals surface area contributed by atoms with E-state index in [1.807, 2.05) is 0 Å². The summed E-state index contributed by atoms with van der Waals surface area (Å²) < 4.78 is 0. The summed E-state index contributed by atoms with van der Waals surface area (Å²) in [6, 6.07) is -0.403. The van der Waals surface area contributed by atoms with Crippen LogP contribution in [0.25, 0.3) is 0 Å². The van der Waals surface area contributed by atoms with Crippen LogP contribution in [0.15, 0.2) is 0 Å². The van der Waals surface area contributed by atoms with Crippen LogP contribution in [0, 0.1) is 0 Å². The highest BCUT2D eigenvalue weighted by Crippen LogP contribution is 2.07. The van der Waals surface area contributed by atoms with Gasteiger partial charge in [-0.05, 0) is 6.92 Å². The van der Waals surface area contributed by atoms with Gasteiger partial charge in [-0.25, -0.2) is 9.69 Å². The molecule has 0 spiro atoms. The van der Waals surface area contributed by atoms with Crippen molar-refractivity contribution < 1.29 is 14.7 Å². The minimum absolute atomic E-state index is 0.0931. The smallest absolute Gasteiger partial charge is 0.329 e. The third kappa shape index (κ3) is 1.19. The quantitative estimate of drug-likeness (QED) is 0.536. The number of carbonyl (C=O) groups excluding carboxylic acids is 2. The van der Waals surface area contributed by atoms with Crippen molar-refractivity contribution in [1.82, 2.24) is 9.80 Å². The summed E-state index contributed by atoms with van der Waals surface area (Å²) >= 11 is 0. The zero-order valence-electron chi connectivity index (χ0n) is 6.28. The fraction of sp³-hybridized carbons (Fsp3) is 0.667. The standard InChI is InChI=1S/C6H10N2O3/c1-2-7-3-5(10)8(4-9)6(7)11/h9H,2-4H2,1H3. The Kier molecular flexibility index (Phi) is 2.09. The van der Waals surface area contributed by atoms with E-state index < -0.39 is 12.8 Å². The van der Waals surface area contributed by atoms with Gasteiger partial charge in [-0.3, -0.25) is 4.79 Å². The van der Waals surface area contributed by atoms with Crippen molar-refractivity contribution in [3.8, 4) is 0 Å². The fourth-order valence-electron chi connectivity index (χ4n) is 0.980. The van der Waals surface area contributed by atoms with Crippen LogP contribution in [-0.2, 0) is 4.79 Å². The highest BCUT2D eigenvalue weighted by atomic mass is 16.3. The van der Waals surface area contributed by atoms with Gasteiger partial charge < -0.3 is 10.0 Å². The molecule has 1 rings (SSSR count). The van der Waals surface area contributed by atoms with Gasteiger partial charge >= 0.3 is 6.03 Å². The van der Waals surface area contributed by atoms with Crippen LogP contribution >= 0.6 is 0 Å². The van der Waals surface area contributed by atoms with E-state index >= 15 is 0 Å². The van der Waals surface area contributed by atoms with E-state index in [1.165, 1.54) is 4.90 Å². The van der Waals surface area contributed by atoms with E-state index in [-0.39, 0.29) is 12.5 Å². The first-order valence-corrected chi connectivity index (χ1v) is 3.40. The number of rotatable bonds is 2. The summed E-state index contributed by atoms with van der Waals surface area (Å²) in [5.74, 6) is -0.334. The Morgan fingerprint density at radius 1 is 1.55 bits per heavy atom. The zero-order valence-corrected chi connectivity index (χ0v) is 6.28. The highest BCUT2D eigenvalue weighted by molar-refractivity contribution is 6.01. The predicted molar refractivity (Wildman–Crippen MR) is 36.6 cm³/mol. The molecule has 62 valence electrons. The molecular formula is C6H10N2O3. The van der Waals surface area contributed by atoms with Gasteiger partial charge in [0.2, 0.25) is 0 Å². The lowest BCUT2D eigenvalue weighted by Crippen LogP contribution is -2.33. The molecule has 1 fully saturated rings. The molecule has 0 atom stereocenters. The van der Waals surface area contributed by atoms with E-state index in [0.717, 1.165) is 4.90 Å². The second kappa shape index (κ2) is 2.87. The lowest BCUT2D eigenvalue weighted by Gasteiger charge is -2.12. The number of hydrogen-bond acceptors (Lipinski definition) is 3. The molecule has 0 aromatic carbocycles. The van der Waals surface area contributed by atoms with Crippen molar-refractivity contribution in [1.29, 1.82) is 0 Å².